The highest BCUT2D eigenvalue weighted by atomic mass is 16.1. The molecule has 142 valence electrons. The average molecular weight is 370 g/mol. The van der Waals surface area contributed by atoms with Crippen molar-refractivity contribution in [3.8, 4) is 0 Å². The van der Waals surface area contributed by atoms with E-state index in [2.05, 4.69) is 58.4 Å². The summed E-state index contributed by atoms with van der Waals surface area (Å²) in [4.78, 5) is 20.3. The average Bonchev–Trinajstić information content (AvgIpc) is 2.96. The fraction of sp³-hybridized carbons (Fsp3) is 0.360. The van der Waals surface area contributed by atoms with Gasteiger partial charge >= 0.3 is 0 Å². The fourth-order valence-corrected chi connectivity index (χ4v) is 5.23. The van der Waals surface area contributed by atoms with Crippen LogP contribution in [0.1, 0.15) is 36.8 Å². The third kappa shape index (κ3) is 3.35. The van der Waals surface area contributed by atoms with Crippen LogP contribution in [0.5, 0.6) is 0 Å². The topological polar surface area (TPSA) is 33.2 Å². The lowest BCUT2D eigenvalue weighted by Gasteiger charge is -2.38. The van der Waals surface area contributed by atoms with Crippen molar-refractivity contribution in [2.75, 3.05) is 0 Å². The lowest BCUT2D eigenvalue weighted by Crippen LogP contribution is -2.44. The zero-order valence-corrected chi connectivity index (χ0v) is 16.1. The number of pyridine rings is 1. The Kier molecular flexibility index (Phi) is 4.69. The molecule has 1 aromatic heterocycles. The largest absolute Gasteiger partial charge is 0.299 e. The number of para-hydroxylation sites is 1. The molecule has 0 N–H and O–H groups in total. The summed E-state index contributed by atoms with van der Waals surface area (Å²) in [6.45, 7) is 1.02. The van der Waals surface area contributed by atoms with E-state index in [-0.39, 0.29) is 5.92 Å². The molecule has 2 atom stereocenters. The van der Waals surface area contributed by atoms with Crippen LogP contribution in [0.3, 0.4) is 0 Å². The molecule has 3 heteroatoms. The normalized spacial score (nSPS) is 24.5. The van der Waals surface area contributed by atoms with E-state index in [1.54, 1.807) is 0 Å². The van der Waals surface area contributed by atoms with Gasteiger partial charge in [0.1, 0.15) is 5.78 Å². The van der Waals surface area contributed by atoms with Crippen LogP contribution in [0.25, 0.3) is 10.9 Å². The summed E-state index contributed by atoms with van der Waals surface area (Å²) >= 11 is 0. The molecule has 2 aliphatic rings. The zero-order chi connectivity index (χ0) is 18.9. The Balaban J connectivity index is 1.29. The highest BCUT2D eigenvalue weighted by Gasteiger charge is 2.42. The minimum Gasteiger partial charge on any atom is -0.299 e. The van der Waals surface area contributed by atoms with Gasteiger partial charge in [-0.3, -0.25) is 14.7 Å². The van der Waals surface area contributed by atoms with Crippen LogP contribution in [0.15, 0.2) is 66.9 Å². The number of aromatic nitrogens is 1. The molecule has 28 heavy (non-hydrogen) atoms. The van der Waals surface area contributed by atoms with Crippen molar-refractivity contribution in [2.45, 2.75) is 50.7 Å². The highest BCUT2D eigenvalue weighted by Crippen LogP contribution is 2.40. The molecule has 2 unspecified atom stereocenters. The first-order valence-electron chi connectivity index (χ1n) is 10.4. The molecule has 2 bridgehead atoms. The lowest BCUT2D eigenvalue weighted by atomic mass is 9.84. The van der Waals surface area contributed by atoms with Crippen molar-refractivity contribution in [1.29, 1.82) is 0 Å². The maximum atomic E-state index is 13.1. The van der Waals surface area contributed by atoms with Crippen LogP contribution in [-0.2, 0) is 17.8 Å². The van der Waals surface area contributed by atoms with E-state index in [9.17, 15) is 4.79 Å². The van der Waals surface area contributed by atoms with Gasteiger partial charge in [-0.25, -0.2) is 0 Å². The third-order valence-corrected chi connectivity index (χ3v) is 6.63. The van der Waals surface area contributed by atoms with Crippen molar-refractivity contribution in [1.82, 2.24) is 9.88 Å². The second-order valence-electron chi connectivity index (χ2n) is 8.35. The molecule has 0 spiro atoms. The van der Waals surface area contributed by atoms with Crippen molar-refractivity contribution in [3.63, 3.8) is 0 Å². The first-order valence-corrected chi connectivity index (χ1v) is 10.4. The Hall–Kier alpha value is -2.52. The number of rotatable bonds is 5. The van der Waals surface area contributed by atoms with E-state index in [0.29, 0.717) is 24.3 Å². The number of piperidine rings is 1. The Labute approximate surface area is 166 Å². The number of fused-ring (bicyclic) bond motifs is 3. The number of carbonyl (C=O) groups excluding carboxylic acids is 1. The number of nitrogens with zero attached hydrogens (tertiary/aromatic N) is 2. The number of benzene rings is 2. The molecule has 0 aliphatic carbocycles. The van der Waals surface area contributed by atoms with Gasteiger partial charge in [0, 0.05) is 42.6 Å². The van der Waals surface area contributed by atoms with Crippen LogP contribution in [0, 0.1) is 5.92 Å². The number of Topliss-reactive ketones (excluding diaryl/α,β-unsaturated/α-hetero) is 1. The summed E-state index contributed by atoms with van der Waals surface area (Å²) in [7, 11) is 0. The molecule has 2 aromatic carbocycles. The standard InChI is InChI=1S/C25H26N2O/c28-24(16-20-9-4-8-19-10-5-13-26-25(19)20)21-14-22-11-12-23(15-21)27(22)17-18-6-2-1-3-7-18/h1-10,13,21-23H,11-12,14-17H2. The van der Waals surface area contributed by atoms with Crippen molar-refractivity contribution >= 4 is 16.7 Å². The molecule has 0 saturated carbocycles. The molecule has 3 aromatic rings. The maximum absolute atomic E-state index is 13.1. The highest BCUT2D eigenvalue weighted by molar-refractivity contribution is 5.89. The van der Waals surface area contributed by atoms with Gasteiger partial charge in [0.2, 0.25) is 0 Å². The van der Waals surface area contributed by atoms with E-state index < -0.39 is 0 Å². The summed E-state index contributed by atoms with van der Waals surface area (Å²) in [5.41, 5.74) is 3.43. The van der Waals surface area contributed by atoms with E-state index >= 15 is 0 Å². The molecule has 2 aliphatic heterocycles. The second-order valence-corrected chi connectivity index (χ2v) is 8.35. The smallest absolute Gasteiger partial charge is 0.140 e. The Morgan fingerprint density at radius 3 is 2.46 bits per heavy atom. The maximum Gasteiger partial charge on any atom is 0.140 e. The first kappa shape index (κ1) is 17.6. The van der Waals surface area contributed by atoms with Gasteiger partial charge in [0.05, 0.1) is 5.52 Å². The third-order valence-electron chi connectivity index (χ3n) is 6.63. The summed E-state index contributed by atoms with van der Waals surface area (Å²) in [5, 5.41) is 1.12. The van der Waals surface area contributed by atoms with Gasteiger partial charge in [-0.2, -0.15) is 0 Å². The van der Waals surface area contributed by atoms with Crippen LogP contribution >= 0.6 is 0 Å². The Bertz CT molecular complexity index is 965. The molecule has 2 fully saturated rings. The predicted molar refractivity (Wildman–Crippen MR) is 112 cm³/mol. The van der Waals surface area contributed by atoms with Gasteiger partial charge in [-0.1, -0.05) is 54.6 Å². The number of hydrogen-bond acceptors (Lipinski definition) is 3. The first-order chi connectivity index (χ1) is 13.8. The monoisotopic (exact) mass is 370 g/mol. The van der Waals surface area contributed by atoms with Crippen molar-refractivity contribution < 1.29 is 4.79 Å². The molecule has 2 saturated heterocycles. The molecule has 5 rings (SSSR count). The van der Waals surface area contributed by atoms with Gasteiger partial charge < -0.3 is 0 Å². The van der Waals surface area contributed by atoms with Gasteiger partial charge in [0.25, 0.3) is 0 Å². The van der Waals surface area contributed by atoms with Crippen LogP contribution in [-0.4, -0.2) is 27.8 Å². The van der Waals surface area contributed by atoms with Gasteiger partial charge in [-0.05, 0) is 42.9 Å². The van der Waals surface area contributed by atoms with Crippen molar-refractivity contribution in [2.24, 2.45) is 5.92 Å². The second kappa shape index (κ2) is 7.48. The molecular weight excluding hydrogens is 344 g/mol. The number of ketones is 1. The van der Waals surface area contributed by atoms with Gasteiger partial charge in [0.15, 0.2) is 0 Å². The number of hydrogen-bond donors (Lipinski definition) is 0. The SMILES string of the molecule is O=C(Cc1cccc2cccnc12)C1CC2CCC(C1)N2Cc1ccccc1. The minimum atomic E-state index is 0.198. The zero-order valence-electron chi connectivity index (χ0n) is 16.1. The van der Waals surface area contributed by atoms with Crippen molar-refractivity contribution in [3.05, 3.63) is 78.0 Å². The Morgan fingerprint density at radius 1 is 0.929 bits per heavy atom. The van der Waals surface area contributed by atoms with E-state index in [1.807, 2.05) is 18.3 Å². The Morgan fingerprint density at radius 2 is 1.68 bits per heavy atom. The minimum absolute atomic E-state index is 0.198. The number of carbonyl (C=O) groups is 1. The summed E-state index contributed by atoms with van der Waals surface area (Å²) in [6, 6.07) is 22.0. The summed E-state index contributed by atoms with van der Waals surface area (Å²) < 4.78 is 0. The van der Waals surface area contributed by atoms with E-state index in [4.69, 9.17) is 0 Å². The van der Waals surface area contributed by atoms with E-state index in [1.165, 1.54) is 18.4 Å². The summed E-state index contributed by atoms with van der Waals surface area (Å²) in [5.74, 6) is 0.595. The molecular formula is C25H26N2O. The lowest BCUT2D eigenvalue weighted by molar-refractivity contribution is -0.124. The van der Waals surface area contributed by atoms with Crippen LogP contribution < -0.4 is 0 Å². The molecule has 3 nitrogen and oxygen atoms in total. The van der Waals surface area contributed by atoms with Crippen LogP contribution in [0.2, 0.25) is 0 Å². The van der Waals surface area contributed by atoms with E-state index in [0.717, 1.165) is 35.9 Å². The molecule has 3 heterocycles. The van der Waals surface area contributed by atoms with Crippen LogP contribution in [0.4, 0.5) is 0 Å². The molecule has 0 radical (unpaired) electrons. The summed E-state index contributed by atoms with van der Waals surface area (Å²) in [6.07, 6.45) is 6.82. The predicted octanol–water partition coefficient (Wildman–Crippen LogP) is 4.79. The van der Waals surface area contributed by atoms with Gasteiger partial charge in [-0.15, -0.1) is 0 Å². The molecule has 0 amide bonds. The quantitative estimate of drug-likeness (QED) is 0.647. The fourth-order valence-electron chi connectivity index (χ4n) is 5.23.